The van der Waals surface area contributed by atoms with E-state index in [4.69, 9.17) is 9.62 Å². The average Bonchev–Trinajstić information content (AvgIpc) is 3.11. The van der Waals surface area contributed by atoms with Crippen molar-refractivity contribution in [2.24, 2.45) is 0 Å². The summed E-state index contributed by atoms with van der Waals surface area (Å²) in [5.41, 5.74) is 1.83. The van der Waals surface area contributed by atoms with E-state index in [1.54, 1.807) is 6.20 Å². The normalized spacial score (nSPS) is 15.8. The van der Waals surface area contributed by atoms with Crippen molar-refractivity contribution < 1.29 is 4.52 Å². The van der Waals surface area contributed by atoms with Gasteiger partial charge in [0, 0.05) is 36.7 Å². The Balaban J connectivity index is 1.46. The molecule has 0 N–H and O–H groups in total. The number of nitrogens with zero attached hydrogens (tertiary/aromatic N) is 7. The molecule has 1 aliphatic heterocycles. The summed E-state index contributed by atoms with van der Waals surface area (Å²) < 4.78 is 7.02. The molecule has 0 aromatic carbocycles. The first-order chi connectivity index (χ1) is 12.3. The third-order valence-corrected chi connectivity index (χ3v) is 5.00. The molecule has 8 nitrogen and oxygen atoms in total. The van der Waals surface area contributed by atoms with E-state index in [1.165, 1.54) is 0 Å². The van der Waals surface area contributed by atoms with Crippen molar-refractivity contribution in [2.45, 2.75) is 45.7 Å². The minimum atomic E-state index is -0.0980. The molecular formula is C18H25N7O. The smallest absolute Gasteiger partial charge is 0.178 e. The Labute approximate surface area is 152 Å². The molecule has 0 spiro atoms. The first kappa shape index (κ1) is 17.0. The molecule has 26 heavy (non-hydrogen) atoms. The van der Waals surface area contributed by atoms with Crippen LogP contribution in [0.1, 0.15) is 37.9 Å². The van der Waals surface area contributed by atoms with E-state index in [2.05, 4.69) is 53.0 Å². The number of hydrogen-bond donors (Lipinski definition) is 0. The summed E-state index contributed by atoms with van der Waals surface area (Å²) in [6.45, 7) is 11.1. The molecular weight excluding hydrogens is 330 g/mol. The van der Waals surface area contributed by atoms with Crippen LogP contribution in [-0.2, 0) is 12.0 Å². The molecule has 0 unspecified atom stereocenters. The van der Waals surface area contributed by atoms with Gasteiger partial charge in [-0.25, -0.2) is 0 Å². The topological polar surface area (TPSA) is 75.6 Å². The number of aryl methyl sites for hydroxylation is 1. The maximum atomic E-state index is 5.15. The molecule has 0 bridgehead atoms. The first-order valence-corrected chi connectivity index (χ1v) is 8.91. The van der Waals surface area contributed by atoms with Crippen LogP contribution in [0.2, 0.25) is 0 Å². The maximum absolute atomic E-state index is 5.15. The van der Waals surface area contributed by atoms with Crippen molar-refractivity contribution in [1.82, 2.24) is 29.9 Å². The zero-order valence-electron chi connectivity index (χ0n) is 16.0. The Morgan fingerprint density at radius 3 is 2.65 bits per heavy atom. The molecule has 1 fully saturated rings. The van der Waals surface area contributed by atoms with Crippen LogP contribution in [0.4, 0.5) is 5.82 Å². The van der Waals surface area contributed by atoms with Crippen molar-refractivity contribution in [2.75, 3.05) is 25.0 Å². The van der Waals surface area contributed by atoms with Crippen LogP contribution in [0.5, 0.6) is 0 Å². The summed E-state index contributed by atoms with van der Waals surface area (Å²) in [7, 11) is 2.14. The van der Waals surface area contributed by atoms with E-state index in [-0.39, 0.29) is 5.41 Å². The molecule has 1 aliphatic rings. The van der Waals surface area contributed by atoms with Gasteiger partial charge in [-0.2, -0.15) is 4.52 Å². The summed E-state index contributed by atoms with van der Waals surface area (Å²) in [5.74, 6) is 2.74. The van der Waals surface area contributed by atoms with Crippen LogP contribution in [0, 0.1) is 6.92 Å². The Morgan fingerprint density at radius 1 is 1.23 bits per heavy atom. The van der Waals surface area contributed by atoms with E-state index >= 15 is 0 Å². The minimum Gasteiger partial charge on any atom is -0.361 e. The van der Waals surface area contributed by atoms with Gasteiger partial charge in [-0.3, -0.25) is 4.90 Å². The number of fused-ring (bicyclic) bond motifs is 1. The van der Waals surface area contributed by atoms with Gasteiger partial charge in [-0.1, -0.05) is 25.9 Å². The van der Waals surface area contributed by atoms with E-state index in [0.717, 1.165) is 48.2 Å². The summed E-state index contributed by atoms with van der Waals surface area (Å²) in [6.07, 6.45) is 1.80. The monoisotopic (exact) mass is 355 g/mol. The highest BCUT2D eigenvalue weighted by Crippen LogP contribution is 2.25. The molecule has 1 saturated heterocycles. The number of likely N-dealkylation sites (N-methyl/N-ethyl adjacent to an activating group) is 1. The Hall–Kier alpha value is -2.48. The van der Waals surface area contributed by atoms with Gasteiger partial charge < -0.3 is 9.42 Å². The summed E-state index contributed by atoms with van der Waals surface area (Å²) >= 11 is 0. The lowest BCUT2D eigenvalue weighted by Gasteiger charge is -2.44. The van der Waals surface area contributed by atoms with Gasteiger partial charge in [0.2, 0.25) is 0 Å². The summed E-state index contributed by atoms with van der Waals surface area (Å²) in [6, 6.07) is 4.50. The van der Waals surface area contributed by atoms with Gasteiger partial charge in [0.1, 0.15) is 11.6 Å². The molecule has 0 radical (unpaired) electrons. The lowest BCUT2D eigenvalue weighted by atomic mass is 9.96. The van der Waals surface area contributed by atoms with Crippen LogP contribution < -0.4 is 4.90 Å². The number of aromatic nitrogens is 5. The zero-order chi connectivity index (χ0) is 18.5. The molecule has 0 amide bonds. The van der Waals surface area contributed by atoms with Crippen LogP contribution in [0.25, 0.3) is 5.65 Å². The Bertz CT molecular complexity index is 917. The quantitative estimate of drug-likeness (QED) is 0.709. The van der Waals surface area contributed by atoms with Crippen LogP contribution in [0.3, 0.4) is 0 Å². The van der Waals surface area contributed by atoms with Crippen molar-refractivity contribution in [1.29, 1.82) is 0 Å². The molecule has 0 atom stereocenters. The van der Waals surface area contributed by atoms with E-state index < -0.39 is 0 Å². The standard InChI is InChI=1S/C18H25N7O/c1-12-13(8-19-26-12)9-23(5)14-10-24(11-14)16-7-6-15-20-21-17(18(2,3)4)25(15)22-16/h6-8,14H,9-11H2,1-5H3. The van der Waals surface area contributed by atoms with Gasteiger partial charge >= 0.3 is 0 Å². The fraction of sp³-hybridized carbons (Fsp3) is 0.556. The van der Waals surface area contributed by atoms with Gasteiger partial charge in [0.25, 0.3) is 0 Å². The molecule has 8 heteroatoms. The maximum Gasteiger partial charge on any atom is 0.178 e. The van der Waals surface area contributed by atoms with Crippen LogP contribution in [0.15, 0.2) is 22.9 Å². The molecule has 3 aromatic heterocycles. The largest absolute Gasteiger partial charge is 0.361 e. The summed E-state index contributed by atoms with van der Waals surface area (Å²) in [5, 5.41) is 17.2. The molecule has 0 aliphatic carbocycles. The van der Waals surface area contributed by atoms with E-state index in [0.29, 0.717) is 6.04 Å². The third kappa shape index (κ3) is 2.94. The van der Waals surface area contributed by atoms with E-state index in [1.807, 2.05) is 23.6 Å². The van der Waals surface area contributed by atoms with Crippen molar-refractivity contribution >= 4 is 11.5 Å². The lowest BCUT2D eigenvalue weighted by Crippen LogP contribution is -2.58. The van der Waals surface area contributed by atoms with Crippen LogP contribution in [-0.4, -0.2) is 56.0 Å². The highest BCUT2D eigenvalue weighted by atomic mass is 16.5. The van der Waals surface area contributed by atoms with Crippen molar-refractivity contribution in [3.8, 4) is 0 Å². The molecule has 138 valence electrons. The highest BCUT2D eigenvalue weighted by molar-refractivity contribution is 5.48. The predicted octanol–water partition coefficient (Wildman–Crippen LogP) is 2.04. The number of hydrogen-bond acceptors (Lipinski definition) is 7. The summed E-state index contributed by atoms with van der Waals surface area (Å²) in [4.78, 5) is 4.63. The van der Waals surface area contributed by atoms with Crippen molar-refractivity contribution in [3.05, 3.63) is 35.5 Å². The molecule has 4 heterocycles. The molecule has 4 rings (SSSR count). The van der Waals surface area contributed by atoms with Crippen molar-refractivity contribution in [3.63, 3.8) is 0 Å². The lowest BCUT2D eigenvalue weighted by molar-refractivity contribution is 0.195. The zero-order valence-corrected chi connectivity index (χ0v) is 16.0. The second kappa shape index (κ2) is 6.05. The van der Waals surface area contributed by atoms with Gasteiger partial charge in [-0.05, 0) is 26.1 Å². The SMILES string of the molecule is Cc1oncc1CN(C)C1CN(c2ccc3nnc(C(C)(C)C)n3n2)C1. The second-order valence-corrected chi connectivity index (χ2v) is 8.12. The molecule has 0 saturated carbocycles. The first-order valence-electron chi connectivity index (χ1n) is 8.91. The predicted molar refractivity (Wildman–Crippen MR) is 98.2 cm³/mol. The number of anilines is 1. The van der Waals surface area contributed by atoms with Gasteiger partial charge in [0.05, 0.1) is 6.20 Å². The highest BCUT2D eigenvalue weighted by Gasteiger charge is 2.32. The second-order valence-electron chi connectivity index (χ2n) is 8.12. The Morgan fingerprint density at radius 2 is 2.00 bits per heavy atom. The van der Waals surface area contributed by atoms with Gasteiger partial charge in [0.15, 0.2) is 11.5 Å². The van der Waals surface area contributed by atoms with Gasteiger partial charge in [-0.15, -0.1) is 15.3 Å². The Kier molecular flexibility index (Phi) is 3.95. The average molecular weight is 355 g/mol. The fourth-order valence-electron chi connectivity index (χ4n) is 3.21. The van der Waals surface area contributed by atoms with E-state index in [9.17, 15) is 0 Å². The number of rotatable bonds is 4. The third-order valence-electron chi connectivity index (χ3n) is 5.00. The minimum absolute atomic E-state index is 0.0980. The van der Waals surface area contributed by atoms with Crippen LogP contribution >= 0.6 is 0 Å². The fourth-order valence-corrected chi connectivity index (χ4v) is 3.21. The molecule has 3 aromatic rings.